The van der Waals surface area contributed by atoms with Crippen LogP contribution in [-0.2, 0) is 13.1 Å². The molecule has 1 atom stereocenters. The van der Waals surface area contributed by atoms with Crippen molar-refractivity contribution >= 4 is 29.1 Å². The fraction of sp³-hybridized carbons (Fsp3) is 0.314. The fourth-order valence-electron chi connectivity index (χ4n) is 6.44. The molecule has 0 bridgehead atoms. The molecule has 43 heavy (non-hydrogen) atoms. The Bertz CT molecular complexity index is 1680. The van der Waals surface area contributed by atoms with Crippen LogP contribution in [0.3, 0.4) is 0 Å². The topological polar surface area (TPSA) is 66.8 Å². The van der Waals surface area contributed by atoms with Gasteiger partial charge in [0.25, 0.3) is 11.8 Å². The molecule has 1 aromatic heterocycles. The zero-order valence-electron chi connectivity index (χ0n) is 24.9. The summed E-state index contributed by atoms with van der Waals surface area (Å²) in [6.07, 6.45) is 3.33. The van der Waals surface area contributed by atoms with Crippen LogP contribution in [0.25, 0.3) is 11.1 Å². The van der Waals surface area contributed by atoms with Gasteiger partial charge >= 0.3 is 0 Å². The van der Waals surface area contributed by atoms with Crippen LogP contribution in [0.15, 0.2) is 72.8 Å². The quantitative estimate of drug-likeness (QED) is 0.263. The summed E-state index contributed by atoms with van der Waals surface area (Å²) in [5, 5.41) is 3.61. The maximum Gasteiger partial charge on any atom is 0.267 e. The molecular formula is C35H37ClN4O3. The molecule has 8 heteroatoms. The molecule has 1 fully saturated rings. The van der Waals surface area contributed by atoms with Gasteiger partial charge in [0.05, 0.1) is 25.8 Å². The van der Waals surface area contributed by atoms with Gasteiger partial charge in [-0.15, -0.1) is 0 Å². The summed E-state index contributed by atoms with van der Waals surface area (Å²) in [5.74, 6) is 0.144. The molecule has 0 aliphatic carbocycles. The van der Waals surface area contributed by atoms with Crippen molar-refractivity contribution in [1.82, 2.24) is 14.8 Å². The van der Waals surface area contributed by atoms with E-state index in [9.17, 15) is 9.59 Å². The molecule has 3 heterocycles. The van der Waals surface area contributed by atoms with Crippen LogP contribution >= 0.6 is 11.6 Å². The summed E-state index contributed by atoms with van der Waals surface area (Å²) in [4.78, 5) is 31.8. The Balaban J connectivity index is 1.30. The second-order valence-corrected chi connectivity index (χ2v) is 11.9. The van der Waals surface area contributed by atoms with Crippen LogP contribution in [0.4, 0.5) is 5.69 Å². The average molecular weight is 597 g/mol. The second-order valence-electron chi connectivity index (χ2n) is 11.5. The highest BCUT2D eigenvalue weighted by molar-refractivity contribution is 6.34. The van der Waals surface area contributed by atoms with Crippen molar-refractivity contribution < 1.29 is 14.3 Å². The van der Waals surface area contributed by atoms with Gasteiger partial charge in [0, 0.05) is 34.6 Å². The minimum Gasteiger partial charge on any atom is -0.496 e. The lowest BCUT2D eigenvalue weighted by atomic mass is 9.98. The smallest absolute Gasteiger partial charge is 0.267 e. The third kappa shape index (κ3) is 5.67. The number of anilines is 1. The predicted molar refractivity (Wildman–Crippen MR) is 171 cm³/mol. The highest BCUT2D eigenvalue weighted by Gasteiger charge is 2.30. The van der Waals surface area contributed by atoms with Gasteiger partial charge in [0.1, 0.15) is 11.4 Å². The molecule has 1 N–H and O–H groups in total. The van der Waals surface area contributed by atoms with Crippen molar-refractivity contribution in [3.8, 4) is 16.9 Å². The monoisotopic (exact) mass is 596 g/mol. The van der Waals surface area contributed by atoms with Crippen molar-refractivity contribution in [3.05, 3.63) is 106 Å². The molecule has 0 spiro atoms. The molecule has 0 radical (unpaired) electrons. The zero-order chi connectivity index (χ0) is 30.1. The van der Waals surface area contributed by atoms with Crippen LogP contribution in [0.5, 0.6) is 5.75 Å². The Morgan fingerprint density at radius 2 is 1.79 bits per heavy atom. The summed E-state index contributed by atoms with van der Waals surface area (Å²) in [5.41, 5.74) is 6.50. The molecular weight excluding hydrogens is 560 g/mol. The number of aromatic nitrogens is 1. The van der Waals surface area contributed by atoms with Gasteiger partial charge in [-0.05, 0) is 86.8 Å². The van der Waals surface area contributed by atoms with Crippen LogP contribution in [-0.4, -0.2) is 54.6 Å². The van der Waals surface area contributed by atoms with E-state index in [-0.39, 0.29) is 11.8 Å². The molecule has 3 aromatic carbocycles. The van der Waals surface area contributed by atoms with E-state index >= 15 is 0 Å². The number of hydrogen-bond acceptors (Lipinski definition) is 4. The van der Waals surface area contributed by atoms with E-state index in [4.69, 9.17) is 16.3 Å². The maximum atomic E-state index is 14.3. The first kappa shape index (κ1) is 29.0. The number of hydrogen-bond donors (Lipinski definition) is 1. The summed E-state index contributed by atoms with van der Waals surface area (Å²) in [6.45, 7) is 4.57. The van der Waals surface area contributed by atoms with Crippen LogP contribution < -0.4 is 15.0 Å². The van der Waals surface area contributed by atoms with Crippen molar-refractivity contribution in [2.75, 3.05) is 32.1 Å². The highest BCUT2D eigenvalue weighted by Crippen LogP contribution is 2.38. The Labute approximate surface area is 258 Å². The molecule has 2 aliphatic rings. The molecule has 222 valence electrons. The molecule has 6 rings (SSSR count). The Kier molecular flexibility index (Phi) is 8.28. The zero-order valence-corrected chi connectivity index (χ0v) is 25.7. The number of para-hydroxylation sites is 1. The highest BCUT2D eigenvalue weighted by atomic mass is 35.5. The van der Waals surface area contributed by atoms with Crippen LogP contribution in [0.2, 0.25) is 5.02 Å². The van der Waals surface area contributed by atoms with Crippen molar-refractivity contribution in [3.63, 3.8) is 0 Å². The molecule has 2 amide bonds. The normalized spacial score (nSPS) is 16.4. The van der Waals surface area contributed by atoms with Gasteiger partial charge in [-0.25, -0.2) is 0 Å². The van der Waals surface area contributed by atoms with E-state index in [1.54, 1.807) is 18.1 Å². The Morgan fingerprint density at radius 3 is 2.56 bits per heavy atom. The summed E-state index contributed by atoms with van der Waals surface area (Å²) in [7, 11) is 3.72. The summed E-state index contributed by atoms with van der Waals surface area (Å²) < 4.78 is 7.77. The van der Waals surface area contributed by atoms with Gasteiger partial charge in [-0.3, -0.25) is 9.59 Å². The molecule has 7 nitrogen and oxygen atoms in total. The third-order valence-electron chi connectivity index (χ3n) is 8.87. The number of aryl methyl sites for hydroxylation is 1. The van der Waals surface area contributed by atoms with Gasteiger partial charge in [0.2, 0.25) is 0 Å². The third-order valence-corrected chi connectivity index (χ3v) is 9.18. The van der Waals surface area contributed by atoms with Crippen molar-refractivity contribution in [1.29, 1.82) is 0 Å². The van der Waals surface area contributed by atoms with Gasteiger partial charge < -0.3 is 24.4 Å². The molecule has 0 saturated carbocycles. The van der Waals surface area contributed by atoms with Crippen molar-refractivity contribution in [2.45, 2.75) is 45.3 Å². The predicted octanol–water partition coefficient (Wildman–Crippen LogP) is 6.55. The van der Waals surface area contributed by atoms with Crippen LogP contribution in [0, 0.1) is 6.92 Å². The van der Waals surface area contributed by atoms with E-state index < -0.39 is 0 Å². The van der Waals surface area contributed by atoms with E-state index in [0.717, 1.165) is 46.6 Å². The van der Waals surface area contributed by atoms with E-state index in [0.29, 0.717) is 47.7 Å². The first-order chi connectivity index (χ1) is 20.9. The largest absolute Gasteiger partial charge is 0.496 e. The number of halogens is 1. The standard InChI is InChI=1S/C35H37ClN4O3/c1-23-9-4-6-12-27(23)28-20-33(43-3)29(19-30(28)36)35(42)40-22-26-14-15-32(39(26)21-24-10-5-7-13-31(24)40)34(41)37-17-16-25-11-8-18-38(25)2/h4-7,9-10,12-15,19-20,25H,8,11,16-18,21-22H2,1-3H3,(H,37,41). The number of fused-ring (bicyclic) bond motifs is 2. The number of likely N-dealkylation sites (tertiary alicyclic amines) is 1. The second kappa shape index (κ2) is 12.3. The lowest BCUT2D eigenvalue weighted by molar-refractivity contribution is 0.0940. The number of nitrogens with zero attached hydrogens (tertiary/aromatic N) is 3. The maximum absolute atomic E-state index is 14.3. The number of carbonyl (C=O) groups is 2. The number of carbonyl (C=O) groups excluding carboxylic acids is 2. The van der Waals surface area contributed by atoms with E-state index in [1.165, 1.54) is 12.8 Å². The summed E-state index contributed by atoms with van der Waals surface area (Å²) >= 11 is 6.81. The minimum absolute atomic E-state index is 0.0931. The molecule has 1 saturated heterocycles. The SMILES string of the molecule is COc1cc(-c2ccccc2C)c(Cl)cc1C(=O)N1Cc2ccc(C(=O)NCCC3CCCN3C)n2Cc2ccccc21. The number of rotatable bonds is 7. The van der Waals surface area contributed by atoms with Gasteiger partial charge in [-0.2, -0.15) is 0 Å². The van der Waals surface area contributed by atoms with E-state index in [2.05, 4.69) is 17.3 Å². The van der Waals surface area contributed by atoms with Gasteiger partial charge in [0.15, 0.2) is 0 Å². The number of nitrogens with one attached hydrogen (secondary N) is 1. The van der Waals surface area contributed by atoms with Crippen molar-refractivity contribution in [2.24, 2.45) is 0 Å². The number of amides is 2. The first-order valence-corrected chi connectivity index (χ1v) is 15.2. The molecule has 2 aliphatic heterocycles. The van der Waals surface area contributed by atoms with Crippen LogP contribution in [0.1, 0.15) is 56.9 Å². The summed E-state index contributed by atoms with van der Waals surface area (Å²) in [6, 6.07) is 23.7. The lowest BCUT2D eigenvalue weighted by Crippen LogP contribution is -2.33. The fourth-order valence-corrected chi connectivity index (χ4v) is 6.71. The number of ether oxygens (including phenoxy) is 1. The van der Waals surface area contributed by atoms with E-state index in [1.807, 2.05) is 78.2 Å². The molecule has 4 aromatic rings. The Morgan fingerprint density at radius 1 is 1.00 bits per heavy atom. The average Bonchev–Trinajstić information content (AvgIpc) is 3.57. The number of benzene rings is 3. The number of methoxy groups -OCH3 is 1. The Hall–Kier alpha value is -4.07. The lowest BCUT2D eigenvalue weighted by Gasteiger charge is -2.24. The first-order valence-electron chi connectivity index (χ1n) is 14.9. The minimum atomic E-state index is -0.219. The molecule has 1 unspecified atom stereocenters. The van der Waals surface area contributed by atoms with Gasteiger partial charge in [-0.1, -0.05) is 54.1 Å².